The first kappa shape index (κ1) is 17.7. The van der Waals surface area contributed by atoms with E-state index < -0.39 is 0 Å². The van der Waals surface area contributed by atoms with Crippen LogP contribution in [0.15, 0.2) is 30.3 Å². The number of nitrogens with one attached hydrogen (secondary N) is 3. The largest absolute Gasteiger partial charge is 0.354 e. The van der Waals surface area contributed by atoms with Crippen LogP contribution in [0.5, 0.6) is 0 Å². The summed E-state index contributed by atoms with van der Waals surface area (Å²) in [7, 11) is 1.86. The molecule has 0 fully saturated rings. The molecule has 2 unspecified atom stereocenters. The molecule has 0 aromatic heterocycles. The van der Waals surface area contributed by atoms with Crippen LogP contribution in [0.1, 0.15) is 39.3 Å². The van der Waals surface area contributed by atoms with Crippen LogP contribution in [-0.4, -0.2) is 31.6 Å². The number of carbonyl (C=O) groups excluding carboxylic acids is 1. The van der Waals surface area contributed by atoms with Gasteiger partial charge < -0.3 is 16.0 Å². The molecule has 0 radical (unpaired) electrons. The molecule has 1 rings (SSSR count). The third-order valence-corrected chi connectivity index (χ3v) is 3.57. The van der Waals surface area contributed by atoms with E-state index in [4.69, 9.17) is 0 Å². The van der Waals surface area contributed by atoms with Gasteiger partial charge in [0.1, 0.15) is 0 Å². The van der Waals surface area contributed by atoms with Gasteiger partial charge in [-0.1, -0.05) is 37.3 Å². The Morgan fingerprint density at radius 1 is 1.19 bits per heavy atom. The highest BCUT2D eigenvalue weighted by Crippen LogP contribution is 2.15. The van der Waals surface area contributed by atoms with Gasteiger partial charge >= 0.3 is 0 Å². The topological polar surface area (TPSA) is 53.2 Å². The molecule has 118 valence electrons. The van der Waals surface area contributed by atoms with Crippen LogP contribution in [-0.2, 0) is 4.79 Å². The lowest BCUT2D eigenvalue weighted by atomic mass is 10.0. The third kappa shape index (κ3) is 6.27. The van der Waals surface area contributed by atoms with E-state index in [1.54, 1.807) is 0 Å². The Bertz CT molecular complexity index is 431. The second-order valence-electron chi connectivity index (χ2n) is 6.34. The minimum atomic E-state index is -0.162. The van der Waals surface area contributed by atoms with E-state index in [1.165, 1.54) is 5.56 Å². The summed E-state index contributed by atoms with van der Waals surface area (Å²) < 4.78 is 0. The maximum atomic E-state index is 12.0. The predicted molar refractivity (Wildman–Crippen MR) is 88.2 cm³/mol. The highest BCUT2D eigenvalue weighted by Gasteiger charge is 2.22. The van der Waals surface area contributed by atoms with Gasteiger partial charge in [0.2, 0.25) is 5.91 Å². The molecular formula is C17H29N3O. The molecule has 4 heteroatoms. The van der Waals surface area contributed by atoms with E-state index in [-0.39, 0.29) is 23.4 Å². The zero-order valence-electron chi connectivity index (χ0n) is 13.9. The number of carbonyl (C=O) groups is 1. The molecule has 0 aliphatic carbocycles. The summed E-state index contributed by atoms with van der Waals surface area (Å²) in [4.78, 5) is 12.0. The summed E-state index contributed by atoms with van der Waals surface area (Å²) in [5.74, 6) is 0.0731. The van der Waals surface area contributed by atoms with Crippen molar-refractivity contribution in [2.24, 2.45) is 5.92 Å². The van der Waals surface area contributed by atoms with Crippen molar-refractivity contribution in [3.05, 3.63) is 35.9 Å². The molecule has 0 aliphatic rings. The van der Waals surface area contributed by atoms with Crippen molar-refractivity contribution in [1.29, 1.82) is 0 Å². The first-order chi connectivity index (χ1) is 9.85. The Balaban J connectivity index is 2.48. The van der Waals surface area contributed by atoms with Crippen LogP contribution in [0.2, 0.25) is 0 Å². The van der Waals surface area contributed by atoms with E-state index in [9.17, 15) is 4.79 Å². The van der Waals surface area contributed by atoms with E-state index in [0.29, 0.717) is 13.1 Å². The van der Waals surface area contributed by atoms with Gasteiger partial charge in [-0.05, 0) is 33.4 Å². The third-order valence-electron chi connectivity index (χ3n) is 3.57. The van der Waals surface area contributed by atoms with E-state index >= 15 is 0 Å². The van der Waals surface area contributed by atoms with E-state index in [0.717, 1.165) is 0 Å². The number of rotatable bonds is 8. The summed E-state index contributed by atoms with van der Waals surface area (Å²) in [6.07, 6.45) is 0. The number of hydrogen-bond acceptors (Lipinski definition) is 3. The normalized spacial score (nSPS) is 14.5. The van der Waals surface area contributed by atoms with Gasteiger partial charge in [0.05, 0.1) is 0 Å². The van der Waals surface area contributed by atoms with Crippen molar-refractivity contribution in [1.82, 2.24) is 16.0 Å². The first-order valence-corrected chi connectivity index (χ1v) is 7.60. The molecule has 3 N–H and O–H groups in total. The van der Waals surface area contributed by atoms with Crippen LogP contribution in [0.3, 0.4) is 0 Å². The fraction of sp³-hybridized carbons (Fsp3) is 0.588. The molecule has 4 nitrogen and oxygen atoms in total. The maximum Gasteiger partial charge on any atom is 0.224 e. The van der Waals surface area contributed by atoms with Gasteiger partial charge in [-0.15, -0.1) is 0 Å². The highest BCUT2D eigenvalue weighted by molar-refractivity contribution is 5.78. The Morgan fingerprint density at radius 3 is 2.38 bits per heavy atom. The van der Waals surface area contributed by atoms with Crippen molar-refractivity contribution in [2.45, 2.75) is 39.3 Å². The number of benzene rings is 1. The Morgan fingerprint density at radius 2 is 1.81 bits per heavy atom. The average molecular weight is 291 g/mol. The van der Waals surface area contributed by atoms with Crippen molar-refractivity contribution in [3.63, 3.8) is 0 Å². The lowest BCUT2D eigenvalue weighted by molar-refractivity contribution is -0.124. The zero-order valence-corrected chi connectivity index (χ0v) is 13.9. The quantitative estimate of drug-likeness (QED) is 0.687. The molecule has 1 amide bonds. The van der Waals surface area contributed by atoms with Gasteiger partial charge in [0, 0.05) is 30.6 Å². The van der Waals surface area contributed by atoms with Crippen molar-refractivity contribution >= 4 is 5.91 Å². The van der Waals surface area contributed by atoms with Gasteiger partial charge in [-0.3, -0.25) is 4.79 Å². The Kier molecular flexibility index (Phi) is 6.85. The molecule has 1 aromatic carbocycles. The van der Waals surface area contributed by atoms with Crippen LogP contribution < -0.4 is 16.0 Å². The maximum absolute atomic E-state index is 12.0. The number of amides is 1. The molecule has 0 saturated carbocycles. The van der Waals surface area contributed by atoms with Crippen molar-refractivity contribution in [3.8, 4) is 0 Å². The molecular weight excluding hydrogens is 262 g/mol. The Labute approximate surface area is 128 Å². The molecule has 0 saturated heterocycles. The molecule has 1 aromatic rings. The van der Waals surface area contributed by atoms with E-state index in [2.05, 4.69) is 48.9 Å². The SMILES string of the molecule is CNCC(C)C(=O)NCC(C)(C)NC(C)c1ccccc1. The Hall–Kier alpha value is -1.39. The van der Waals surface area contributed by atoms with E-state index in [1.807, 2.05) is 32.2 Å². The molecule has 0 heterocycles. The molecule has 0 aliphatic heterocycles. The first-order valence-electron chi connectivity index (χ1n) is 7.60. The summed E-state index contributed by atoms with van der Waals surface area (Å²) in [6.45, 7) is 9.59. The predicted octanol–water partition coefficient (Wildman–Crippen LogP) is 2.09. The standard InChI is InChI=1S/C17H29N3O/c1-13(11-18-5)16(21)19-12-17(3,4)20-14(2)15-9-7-6-8-10-15/h6-10,13-14,18,20H,11-12H2,1-5H3,(H,19,21). The minimum Gasteiger partial charge on any atom is -0.354 e. The zero-order chi connectivity index (χ0) is 15.9. The fourth-order valence-electron chi connectivity index (χ4n) is 2.34. The average Bonchev–Trinajstić information content (AvgIpc) is 2.45. The summed E-state index contributed by atoms with van der Waals surface area (Å²) >= 11 is 0. The lowest BCUT2D eigenvalue weighted by Crippen LogP contribution is -2.51. The molecule has 2 atom stereocenters. The molecule has 21 heavy (non-hydrogen) atoms. The van der Waals surface area contributed by atoms with Gasteiger partial charge in [0.25, 0.3) is 0 Å². The number of hydrogen-bond donors (Lipinski definition) is 3. The van der Waals surface area contributed by atoms with Crippen molar-refractivity contribution < 1.29 is 4.79 Å². The fourth-order valence-corrected chi connectivity index (χ4v) is 2.34. The monoisotopic (exact) mass is 291 g/mol. The van der Waals surface area contributed by atoms with Crippen molar-refractivity contribution in [2.75, 3.05) is 20.1 Å². The second kappa shape index (κ2) is 8.15. The van der Waals surface area contributed by atoms with Crippen LogP contribution in [0.25, 0.3) is 0 Å². The smallest absolute Gasteiger partial charge is 0.224 e. The summed E-state index contributed by atoms with van der Waals surface area (Å²) in [5, 5.41) is 9.61. The minimum absolute atomic E-state index is 0.0163. The van der Waals surface area contributed by atoms with Crippen LogP contribution in [0, 0.1) is 5.92 Å². The van der Waals surface area contributed by atoms with Crippen LogP contribution in [0.4, 0.5) is 0 Å². The second-order valence-corrected chi connectivity index (χ2v) is 6.34. The van der Waals surface area contributed by atoms with Gasteiger partial charge in [0.15, 0.2) is 0 Å². The molecule has 0 bridgehead atoms. The lowest BCUT2D eigenvalue weighted by Gasteiger charge is -2.31. The summed E-state index contributed by atoms with van der Waals surface area (Å²) in [5.41, 5.74) is 1.09. The highest BCUT2D eigenvalue weighted by atomic mass is 16.1. The molecule has 0 spiro atoms. The summed E-state index contributed by atoms with van der Waals surface area (Å²) in [6, 6.07) is 10.6. The van der Waals surface area contributed by atoms with Gasteiger partial charge in [-0.2, -0.15) is 0 Å². The van der Waals surface area contributed by atoms with Crippen LogP contribution >= 0.6 is 0 Å². The van der Waals surface area contributed by atoms with Gasteiger partial charge in [-0.25, -0.2) is 0 Å².